The van der Waals surface area contributed by atoms with Crippen LogP contribution in [0.25, 0.3) is 0 Å². The molecule has 0 aliphatic rings. The molecule has 1 aromatic carbocycles. The lowest BCUT2D eigenvalue weighted by Gasteiger charge is -2.17. The van der Waals surface area contributed by atoms with Gasteiger partial charge < -0.3 is 0 Å². The first-order valence-corrected chi connectivity index (χ1v) is 6.44. The van der Waals surface area contributed by atoms with E-state index >= 15 is 0 Å². The molecule has 0 bridgehead atoms. The number of nitrogens with zero attached hydrogens (tertiary/aromatic N) is 2. The van der Waals surface area contributed by atoms with E-state index in [0.717, 1.165) is 10.4 Å². The van der Waals surface area contributed by atoms with E-state index in [-0.39, 0.29) is 12.1 Å². The molecule has 0 saturated carbocycles. The van der Waals surface area contributed by atoms with Crippen LogP contribution in [0.3, 0.4) is 0 Å². The SMILES string of the molecule is C#CCN(CC#N)S(=O)(=O)c1cccc(C)c1F. The molecule has 18 heavy (non-hydrogen) atoms. The Morgan fingerprint density at radius 3 is 2.67 bits per heavy atom. The van der Waals surface area contributed by atoms with Gasteiger partial charge in [0.15, 0.2) is 0 Å². The summed E-state index contributed by atoms with van der Waals surface area (Å²) >= 11 is 0. The summed E-state index contributed by atoms with van der Waals surface area (Å²) in [5.74, 6) is 1.31. The monoisotopic (exact) mass is 266 g/mol. The first-order valence-electron chi connectivity index (χ1n) is 5.00. The molecule has 0 fully saturated rings. The number of hydrogen-bond donors (Lipinski definition) is 0. The Morgan fingerprint density at radius 2 is 2.11 bits per heavy atom. The molecular formula is C12H11FN2O2S. The third kappa shape index (κ3) is 2.67. The normalized spacial score (nSPS) is 10.9. The molecule has 4 nitrogen and oxygen atoms in total. The van der Waals surface area contributed by atoms with E-state index in [2.05, 4.69) is 5.92 Å². The maximum atomic E-state index is 13.8. The maximum Gasteiger partial charge on any atom is 0.247 e. The number of terminal acetylenes is 1. The summed E-state index contributed by atoms with van der Waals surface area (Å²) in [4.78, 5) is -0.465. The van der Waals surface area contributed by atoms with E-state index in [9.17, 15) is 12.8 Å². The van der Waals surface area contributed by atoms with Gasteiger partial charge in [0.2, 0.25) is 10.0 Å². The molecule has 0 radical (unpaired) electrons. The first kappa shape index (κ1) is 14.2. The second-order valence-electron chi connectivity index (χ2n) is 3.52. The van der Waals surface area contributed by atoms with Gasteiger partial charge in [0.1, 0.15) is 17.3 Å². The van der Waals surface area contributed by atoms with E-state index < -0.39 is 27.3 Å². The third-order valence-corrected chi connectivity index (χ3v) is 4.10. The largest absolute Gasteiger partial charge is 0.247 e. The molecule has 0 saturated heterocycles. The Morgan fingerprint density at radius 1 is 1.44 bits per heavy atom. The summed E-state index contributed by atoms with van der Waals surface area (Å²) in [7, 11) is -4.09. The van der Waals surface area contributed by atoms with Gasteiger partial charge in [0.05, 0.1) is 12.6 Å². The molecule has 0 unspecified atom stereocenters. The van der Waals surface area contributed by atoms with E-state index in [1.54, 1.807) is 6.07 Å². The zero-order valence-corrected chi connectivity index (χ0v) is 10.5. The number of halogens is 1. The zero-order valence-electron chi connectivity index (χ0n) is 9.72. The second-order valence-corrected chi connectivity index (χ2v) is 5.43. The highest BCUT2D eigenvalue weighted by molar-refractivity contribution is 7.89. The van der Waals surface area contributed by atoms with Crippen LogP contribution in [0.2, 0.25) is 0 Å². The van der Waals surface area contributed by atoms with Crippen LogP contribution in [-0.2, 0) is 10.0 Å². The molecule has 1 aromatic rings. The van der Waals surface area contributed by atoms with E-state index in [1.807, 2.05) is 0 Å². The predicted molar refractivity (Wildman–Crippen MR) is 64.3 cm³/mol. The van der Waals surface area contributed by atoms with Crippen molar-refractivity contribution in [2.24, 2.45) is 0 Å². The van der Waals surface area contributed by atoms with Crippen molar-refractivity contribution in [3.63, 3.8) is 0 Å². The highest BCUT2D eigenvalue weighted by atomic mass is 32.2. The summed E-state index contributed by atoms with van der Waals surface area (Å²) < 4.78 is 38.8. The molecule has 0 aliphatic heterocycles. The zero-order chi connectivity index (χ0) is 13.8. The van der Waals surface area contributed by atoms with E-state index in [0.29, 0.717) is 0 Å². The average molecular weight is 266 g/mol. The summed E-state index contributed by atoms with van der Waals surface area (Å²) in [6, 6.07) is 5.74. The minimum Gasteiger partial charge on any atom is -0.207 e. The molecule has 0 N–H and O–H groups in total. The quantitative estimate of drug-likeness (QED) is 0.609. The van der Waals surface area contributed by atoms with Crippen molar-refractivity contribution in [3.05, 3.63) is 29.6 Å². The van der Waals surface area contributed by atoms with Gasteiger partial charge in [-0.25, -0.2) is 12.8 Å². The lowest BCUT2D eigenvalue weighted by atomic mass is 10.2. The molecule has 0 atom stereocenters. The number of rotatable bonds is 4. The average Bonchev–Trinajstić information content (AvgIpc) is 2.32. The van der Waals surface area contributed by atoms with E-state index in [4.69, 9.17) is 11.7 Å². The van der Waals surface area contributed by atoms with Crippen LogP contribution in [0.1, 0.15) is 5.56 Å². The van der Waals surface area contributed by atoms with Crippen LogP contribution >= 0.6 is 0 Å². The summed E-state index contributed by atoms with van der Waals surface area (Å²) in [6.07, 6.45) is 5.04. The summed E-state index contributed by atoms with van der Waals surface area (Å²) in [5, 5.41) is 8.58. The number of aryl methyl sites for hydroxylation is 1. The third-order valence-electron chi connectivity index (χ3n) is 2.29. The molecule has 1 rings (SSSR count). The fraction of sp³-hybridized carbons (Fsp3) is 0.250. The topological polar surface area (TPSA) is 61.2 Å². The predicted octanol–water partition coefficient (Wildman–Crippen LogP) is 1.28. The van der Waals surface area contributed by atoms with Gasteiger partial charge >= 0.3 is 0 Å². The Bertz CT molecular complexity index is 610. The smallest absolute Gasteiger partial charge is 0.207 e. The van der Waals surface area contributed by atoms with Gasteiger partial charge in [-0.05, 0) is 18.6 Å². The summed E-state index contributed by atoms with van der Waals surface area (Å²) in [6.45, 7) is 0.771. The lowest BCUT2D eigenvalue weighted by molar-refractivity contribution is 0.472. The van der Waals surface area contributed by atoms with Gasteiger partial charge in [0, 0.05) is 0 Å². The molecule has 0 amide bonds. The summed E-state index contributed by atoms with van der Waals surface area (Å²) in [5.41, 5.74) is 0.216. The maximum absolute atomic E-state index is 13.8. The van der Waals surface area contributed by atoms with E-state index in [1.165, 1.54) is 19.1 Å². The van der Waals surface area contributed by atoms with Gasteiger partial charge in [-0.3, -0.25) is 0 Å². The van der Waals surface area contributed by atoms with Crippen LogP contribution in [0.5, 0.6) is 0 Å². The first-order chi connectivity index (χ1) is 8.45. The van der Waals surface area contributed by atoms with Crippen molar-refractivity contribution in [1.82, 2.24) is 4.31 Å². The fourth-order valence-electron chi connectivity index (χ4n) is 1.37. The minimum absolute atomic E-state index is 0.216. The Kier molecular flexibility index (Phi) is 4.43. The molecule has 94 valence electrons. The molecule has 0 spiro atoms. The molecule has 6 heteroatoms. The van der Waals surface area contributed by atoms with Crippen molar-refractivity contribution in [2.75, 3.05) is 13.1 Å². The highest BCUT2D eigenvalue weighted by Crippen LogP contribution is 2.21. The lowest BCUT2D eigenvalue weighted by Crippen LogP contribution is -2.32. The molecular weight excluding hydrogens is 255 g/mol. The van der Waals surface area contributed by atoms with Crippen molar-refractivity contribution in [3.8, 4) is 18.4 Å². The van der Waals surface area contributed by atoms with Crippen LogP contribution in [-0.4, -0.2) is 25.8 Å². The second kappa shape index (κ2) is 5.63. The van der Waals surface area contributed by atoms with Crippen molar-refractivity contribution < 1.29 is 12.8 Å². The molecule has 0 heterocycles. The van der Waals surface area contributed by atoms with Crippen LogP contribution in [0.4, 0.5) is 4.39 Å². The van der Waals surface area contributed by atoms with Crippen LogP contribution in [0, 0.1) is 36.4 Å². The number of nitriles is 1. The van der Waals surface area contributed by atoms with Gasteiger partial charge in [-0.1, -0.05) is 18.1 Å². The van der Waals surface area contributed by atoms with Crippen LogP contribution in [0.15, 0.2) is 23.1 Å². The Labute approximate surface area is 106 Å². The van der Waals surface area contributed by atoms with Crippen LogP contribution < -0.4 is 0 Å². The van der Waals surface area contributed by atoms with Crippen molar-refractivity contribution >= 4 is 10.0 Å². The standard InChI is InChI=1S/C12H11FN2O2S/c1-3-8-15(9-7-14)18(16,17)11-6-4-5-10(2)12(11)13/h1,4-6H,8-9H2,2H3. The van der Waals surface area contributed by atoms with Crippen molar-refractivity contribution in [1.29, 1.82) is 5.26 Å². The number of hydrogen-bond acceptors (Lipinski definition) is 3. The van der Waals surface area contributed by atoms with Gasteiger partial charge in [-0.15, -0.1) is 6.42 Å². The number of benzene rings is 1. The van der Waals surface area contributed by atoms with Crippen molar-refractivity contribution in [2.45, 2.75) is 11.8 Å². The Balaban J connectivity index is 3.33. The fourth-order valence-corrected chi connectivity index (χ4v) is 2.75. The van der Waals surface area contributed by atoms with Gasteiger partial charge in [0.25, 0.3) is 0 Å². The highest BCUT2D eigenvalue weighted by Gasteiger charge is 2.27. The Hall–Kier alpha value is -1.89. The van der Waals surface area contributed by atoms with Gasteiger partial charge in [-0.2, -0.15) is 9.57 Å². The molecule has 0 aromatic heterocycles. The molecule has 0 aliphatic carbocycles. The minimum atomic E-state index is -4.09. The number of sulfonamides is 1.